The zero-order chi connectivity index (χ0) is 27.6. The Balaban J connectivity index is 1.49. The third-order valence-corrected chi connectivity index (χ3v) is 6.75. The van der Waals surface area contributed by atoms with Crippen LogP contribution in [-0.4, -0.2) is 69.6 Å². The molecule has 0 spiro atoms. The lowest BCUT2D eigenvalue weighted by Gasteiger charge is -2.25. The zero-order valence-corrected chi connectivity index (χ0v) is 22.8. The van der Waals surface area contributed by atoms with Crippen molar-refractivity contribution >= 4 is 35.2 Å². The van der Waals surface area contributed by atoms with E-state index in [9.17, 15) is 14.7 Å². The van der Waals surface area contributed by atoms with Crippen molar-refractivity contribution in [2.24, 2.45) is 0 Å². The van der Waals surface area contributed by atoms with E-state index in [0.29, 0.717) is 34.3 Å². The quantitative estimate of drug-likeness (QED) is 0.380. The van der Waals surface area contributed by atoms with Crippen molar-refractivity contribution in [1.29, 1.82) is 0 Å². The molecule has 0 saturated carbocycles. The first-order valence-corrected chi connectivity index (χ1v) is 12.8. The number of halogens is 1. The molecule has 10 nitrogen and oxygen atoms in total. The van der Waals surface area contributed by atoms with Crippen LogP contribution in [-0.2, 0) is 11.3 Å². The van der Waals surface area contributed by atoms with Crippen LogP contribution in [0, 0.1) is 0 Å². The molecule has 1 aliphatic rings. The molecule has 0 aliphatic carbocycles. The highest BCUT2D eigenvalue weighted by Crippen LogP contribution is 2.32. The van der Waals surface area contributed by atoms with Crippen LogP contribution in [0.2, 0.25) is 5.02 Å². The first kappa shape index (κ1) is 27.3. The lowest BCUT2D eigenvalue weighted by molar-refractivity contribution is -0.125. The second-order valence-electron chi connectivity index (χ2n) is 9.64. The van der Waals surface area contributed by atoms with E-state index in [0.717, 1.165) is 17.1 Å². The van der Waals surface area contributed by atoms with Gasteiger partial charge >= 0.3 is 0 Å². The van der Waals surface area contributed by atoms with Gasteiger partial charge in [0.25, 0.3) is 5.91 Å². The minimum atomic E-state index is -0.684. The topological polar surface area (TPSA) is 124 Å². The molecular weight excluding hydrogens is 506 g/mol. The van der Waals surface area contributed by atoms with Crippen molar-refractivity contribution in [2.75, 3.05) is 30.9 Å². The highest BCUT2D eigenvalue weighted by Gasteiger charge is 2.34. The average molecular weight is 538 g/mol. The Labute approximate surface area is 227 Å². The van der Waals surface area contributed by atoms with E-state index in [1.54, 1.807) is 24.8 Å². The van der Waals surface area contributed by atoms with Crippen LogP contribution < -0.4 is 15.5 Å². The first-order chi connectivity index (χ1) is 18.1. The monoisotopic (exact) mass is 537 g/mol. The number of rotatable bonds is 9. The molecule has 1 aromatic carbocycles. The maximum atomic E-state index is 13.4. The van der Waals surface area contributed by atoms with Crippen LogP contribution in [0.3, 0.4) is 0 Å². The van der Waals surface area contributed by atoms with Crippen molar-refractivity contribution in [1.82, 2.24) is 25.2 Å². The van der Waals surface area contributed by atoms with Crippen molar-refractivity contribution in [3.8, 4) is 11.3 Å². The van der Waals surface area contributed by atoms with Gasteiger partial charge in [-0.3, -0.25) is 9.59 Å². The molecule has 3 heterocycles. The van der Waals surface area contributed by atoms with E-state index < -0.39 is 6.04 Å². The third-order valence-electron chi connectivity index (χ3n) is 6.47. The molecule has 3 atom stereocenters. The summed E-state index contributed by atoms with van der Waals surface area (Å²) in [5, 5.41) is 15.6. The SMILES string of the molecule is CC(CO)Nc1ncc(Cl)c(-c2ccc3c(c2)C(=O)N(C(C)C(=O)NC(C)c2cccc(N(C)C)n2)C3)n1. The summed E-state index contributed by atoms with van der Waals surface area (Å²) in [6, 6.07) is 9.87. The highest BCUT2D eigenvalue weighted by atomic mass is 35.5. The van der Waals surface area contributed by atoms with Crippen LogP contribution in [0.5, 0.6) is 0 Å². The fraction of sp³-hybridized carbons (Fsp3) is 0.370. The number of aromatic nitrogens is 3. The molecule has 38 heavy (non-hydrogen) atoms. The summed E-state index contributed by atoms with van der Waals surface area (Å²) in [5.41, 5.74) is 3.19. The Morgan fingerprint density at radius 2 is 1.95 bits per heavy atom. The molecule has 0 bridgehead atoms. The van der Waals surface area contributed by atoms with E-state index >= 15 is 0 Å². The Kier molecular flexibility index (Phi) is 8.13. The Hall–Kier alpha value is -3.76. The number of nitrogens with zero attached hydrogens (tertiary/aromatic N) is 5. The number of pyridine rings is 1. The minimum absolute atomic E-state index is 0.0754. The molecule has 3 aromatic rings. The molecule has 3 N–H and O–H groups in total. The van der Waals surface area contributed by atoms with Gasteiger partial charge in [0.15, 0.2) is 0 Å². The molecule has 2 amide bonds. The summed E-state index contributed by atoms with van der Waals surface area (Å²) in [6.07, 6.45) is 1.48. The minimum Gasteiger partial charge on any atom is -0.394 e. The van der Waals surface area contributed by atoms with Crippen molar-refractivity contribution in [2.45, 2.75) is 45.4 Å². The summed E-state index contributed by atoms with van der Waals surface area (Å²) in [6.45, 7) is 5.64. The number of hydrogen-bond acceptors (Lipinski definition) is 8. The number of hydrogen-bond donors (Lipinski definition) is 3. The number of anilines is 2. The van der Waals surface area contributed by atoms with Gasteiger partial charge in [-0.1, -0.05) is 29.8 Å². The number of fused-ring (bicyclic) bond motifs is 1. The molecule has 4 rings (SSSR count). The van der Waals surface area contributed by atoms with Crippen LogP contribution in [0.15, 0.2) is 42.6 Å². The van der Waals surface area contributed by atoms with E-state index in [-0.39, 0.29) is 30.5 Å². The van der Waals surface area contributed by atoms with Gasteiger partial charge in [0.1, 0.15) is 11.9 Å². The van der Waals surface area contributed by atoms with Gasteiger partial charge in [-0.15, -0.1) is 0 Å². The van der Waals surface area contributed by atoms with Crippen molar-refractivity contribution in [3.63, 3.8) is 0 Å². The normalized spacial score (nSPS) is 15.0. The van der Waals surface area contributed by atoms with Crippen molar-refractivity contribution in [3.05, 3.63) is 64.4 Å². The van der Waals surface area contributed by atoms with Crippen LogP contribution in [0.25, 0.3) is 11.3 Å². The second-order valence-corrected chi connectivity index (χ2v) is 10.1. The number of aliphatic hydroxyl groups excluding tert-OH is 1. The van der Waals surface area contributed by atoms with Crippen LogP contribution >= 0.6 is 11.6 Å². The molecule has 200 valence electrons. The molecule has 3 unspecified atom stereocenters. The molecule has 0 radical (unpaired) electrons. The van der Waals surface area contributed by atoms with E-state index in [4.69, 9.17) is 11.6 Å². The fourth-order valence-electron chi connectivity index (χ4n) is 4.17. The standard InChI is InChI=1S/C27H32ClN7O3/c1-15(14-36)30-27-29-12-21(28)24(33-27)18-9-10-19-13-35(26(38)20(19)11-18)17(3)25(37)31-16(2)22-7-6-8-23(32-22)34(4)5/h6-12,15-17,36H,13-14H2,1-5H3,(H,31,37)(H,29,30,33). The largest absolute Gasteiger partial charge is 0.394 e. The fourth-order valence-corrected chi connectivity index (χ4v) is 4.37. The number of aliphatic hydroxyl groups is 1. The Morgan fingerprint density at radius 1 is 1.18 bits per heavy atom. The predicted molar refractivity (Wildman–Crippen MR) is 147 cm³/mol. The average Bonchev–Trinajstić information content (AvgIpc) is 3.24. The molecule has 2 aromatic heterocycles. The van der Waals surface area contributed by atoms with Gasteiger partial charge in [-0.2, -0.15) is 0 Å². The number of carbonyl (C=O) groups excluding carboxylic acids is 2. The maximum Gasteiger partial charge on any atom is 0.255 e. The molecule has 0 fully saturated rings. The summed E-state index contributed by atoms with van der Waals surface area (Å²) in [5.74, 6) is 0.627. The van der Waals surface area contributed by atoms with Crippen LogP contribution in [0.4, 0.5) is 11.8 Å². The predicted octanol–water partition coefficient (Wildman–Crippen LogP) is 3.27. The third kappa shape index (κ3) is 5.71. The highest BCUT2D eigenvalue weighted by molar-refractivity contribution is 6.33. The molecule has 0 saturated heterocycles. The Bertz CT molecular complexity index is 1350. The van der Waals surface area contributed by atoms with Gasteiger partial charge in [0.05, 0.1) is 35.3 Å². The van der Waals surface area contributed by atoms with Gasteiger partial charge in [0, 0.05) is 37.8 Å². The van der Waals surface area contributed by atoms with Gasteiger partial charge in [-0.05, 0) is 44.5 Å². The van der Waals surface area contributed by atoms with Gasteiger partial charge < -0.3 is 25.5 Å². The van der Waals surface area contributed by atoms with E-state index in [1.807, 2.05) is 56.3 Å². The number of carbonyl (C=O) groups is 2. The smallest absolute Gasteiger partial charge is 0.255 e. The summed E-state index contributed by atoms with van der Waals surface area (Å²) < 4.78 is 0. The van der Waals surface area contributed by atoms with E-state index in [1.165, 1.54) is 6.20 Å². The lowest BCUT2D eigenvalue weighted by atomic mass is 10.0. The first-order valence-electron chi connectivity index (χ1n) is 12.4. The van der Waals surface area contributed by atoms with Gasteiger partial charge in [0.2, 0.25) is 11.9 Å². The van der Waals surface area contributed by atoms with E-state index in [2.05, 4.69) is 25.6 Å². The van der Waals surface area contributed by atoms with Crippen molar-refractivity contribution < 1.29 is 14.7 Å². The summed E-state index contributed by atoms with van der Waals surface area (Å²) >= 11 is 6.38. The lowest BCUT2D eigenvalue weighted by Crippen LogP contribution is -2.46. The maximum absolute atomic E-state index is 13.4. The zero-order valence-electron chi connectivity index (χ0n) is 22.1. The number of amides is 2. The van der Waals surface area contributed by atoms with Crippen LogP contribution in [0.1, 0.15) is 48.4 Å². The number of nitrogens with one attached hydrogen (secondary N) is 2. The molecule has 11 heteroatoms. The molecular formula is C27H32ClN7O3. The Morgan fingerprint density at radius 3 is 2.66 bits per heavy atom. The van der Waals surface area contributed by atoms with Gasteiger partial charge in [-0.25, -0.2) is 15.0 Å². The summed E-state index contributed by atoms with van der Waals surface area (Å²) in [7, 11) is 3.82. The summed E-state index contributed by atoms with van der Waals surface area (Å²) in [4.78, 5) is 43.2. The number of benzene rings is 1. The molecule has 1 aliphatic heterocycles. The second kappa shape index (κ2) is 11.3.